The maximum Gasteiger partial charge on any atom is 0.127 e. The minimum atomic E-state index is 0.852. The second-order valence-electron chi connectivity index (χ2n) is 7.79. The molecule has 25 heavy (non-hydrogen) atoms. The zero-order chi connectivity index (χ0) is 17.2. The van der Waals surface area contributed by atoms with Gasteiger partial charge < -0.3 is 14.4 Å². The van der Waals surface area contributed by atoms with Crippen LogP contribution in [-0.2, 0) is 6.54 Å². The Morgan fingerprint density at radius 2 is 1.76 bits per heavy atom. The molecule has 4 rings (SSSR count). The third-order valence-corrected chi connectivity index (χ3v) is 6.26. The number of fused-ring (bicyclic) bond motifs is 2. The number of methoxy groups -OCH3 is 2. The summed E-state index contributed by atoms with van der Waals surface area (Å²) >= 11 is 0. The summed E-state index contributed by atoms with van der Waals surface area (Å²) in [5.41, 5.74) is 1.25. The van der Waals surface area contributed by atoms with E-state index in [1.807, 2.05) is 12.1 Å². The van der Waals surface area contributed by atoms with Gasteiger partial charge in [-0.15, -0.1) is 0 Å². The van der Waals surface area contributed by atoms with Gasteiger partial charge in [0.2, 0.25) is 0 Å². The van der Waals surface area contributed by atoms with Crippen LogP contribution in [0.4, 0.5) is 0 Å². The number of rotatable bonds is 6. The van der Waals surface area contributed by atoms with Gasteiger partial charge in [0.05, 0.1) is 14.2 Å². The monoisotopic (exact) mass is 342 g/mol. The van der Waals surface area contributed by atoms with Crippen molar-refractivity contribution in [3.8, 4) is 11.5 Å². The number of piperazine rings is 1. The Morgan fingerprint density at radius 1 is 0.960 bits per heavy atom. The zero-order valence-corrected chi connectivity index (χ0v) is 15.5. The van der Waals surface area contributed by atoms with E-state index in [-0.39, 0.29) is 0 Å². The molecule has 0 N–H and O–H groups in total. The molecule has 4 nitrogen and oxygen atoms in total. The lowest BCUT2D eigenvalue weighted by molar-refractivity contribution is 0.108. The molecule has 2 bridgehead atoms. The molecule has 1 saturated heterocycles. The normalized spacial score (nSPS) is 29.3. The van der Waals surface area contributed by atoms with Gasteiger partial charge in [-0.3, -0.25) is 4.90 Å². The minimum absolute atomic E-state index is 0.852. The van der Waals surface area contributed by atoms with E-state index in [1.165, 1.54) is 38.0 Å². The van der Waals surface area contributed by atoms with Crippen LogP contribution >= 0.6 is 0 Å². The SMILES string of the molecule is COc1ccc(CN2CCN(C[C@@H]3C[C@@H]4C=C[C@@H]3C4)CC2)c(OC)c1. The number of allylic oxidation sites excluding steroid dienone is 2. The molecule has 0 spiro atoms. The summed E-state index contributed by atoms with van der Waals surface area (Å²) in [5.74, 6) is 4.44. The van der Waals surface area contributed by atoms with Crippen LogP contribution in [0.15, 0.2) is 30.4 Å². The molecule has 1 aromatic rings. The standard InChI is InChI=1S/C21H30N2O2/c1-24-20-6-5-18(21(13-20)25-2)14-22-7-9-23(10-8-22)15-19-12-16-3-4-17(19)11-16/h3-6,13,16-17,19H,7-12,14-15H2,1-2H3/t16-,17-,19+/m1/s1. The van der Waals surface area contributed by atoms with Crippen molar-refractivity contribution in [1.82, 2.24) is 9.80 Å². The van der Waals surface area contributed by atoms with Crippen LogP contribution in [0.2, 0.25) is 0 Å². The van der Waals surface area contributed by atoms with Gasteiger partial charge in [-0.05, 0) is 36.7 Å². The molecular weight excluding hydrogens is 312 g/mol. The van der Waals surface area contributed by atoms with Crippen LogP contribution in [0.1, 0.15) is 18.4 Å². The van der Waals surface area contributed by atoms with E-state index < -0.39 is 0 Å². The highest BCUT2D eigenvalue weighted by Crippen LogP contribution is 2.43. The van der Waals surface area contributed by atoms with Crippen LogP contribution < -0.4 is 9.47 Å². The van der Waals surface area contributed by atoms with Crippen molar-refractivity contribution >= 4 is 0 Å². The largest absolute Gasteiger partial charge is 0.497 e. The molecule has 136 valence electrons. The average molecular weight is 342 g/mol. The van der Waals surface area contributed by atoms with Gasteiger partial charge in [0.15, 0.2) is 0 Å². The van der Waals surface area contributed by atoms with E-state index in [0.717, 1.165) is 48.9 Å². The van der Waals surface area contributed by atoms with Crippen molar-refractivity contribution in [2.24, 2.45) is 17.8 Å². The second kappa shape index (κ2) is 7.38. The second-order valence-corrected chi connectivity index (χ2v) is 7.79. The van der Waals surface area contributed by atoms with Crippen molar-refractivity contribution in [2.75, 3.05) is 46.9 Å². The quantitative estimate of drug-likeness (QED) is 0.742. The summed E-state index contributed by atoms with van der Waals surface area (Å²) < 4.78 is 10.8. The number of hydrogen-bond acceptors (Lipinski definition) is 4. The van der Waals surface area contributed by atoms with Crippen LogP contribution in [0, 0.1) is 17.8 Å². The molecule has 2 fully saturated rings. The highest BCUT2D eigenvalue weighted by Gasteiger charge is 2.36. The first kappa shape index (κ1) is 16.9. The van der Waals surface area contributed by atoms with Gasteiger partial charge >= 0.3 is 0 Å². The third kappa shape index (κ3) is 3.70. The lowest BCUT2D eigenvalue weighted by Crippen LogP contribution is -2.47. The van der Waals surface area contributed by atoms with Gasteiger partial charge in [0.25, 0.3) is 0 Å². The lowest BCUT2D eigenvalue weighted by Gasteiger charge is -2.37. The summed E-state index contributed by atoms with van der Waals surface area (Å²) in [6.45, 7) is 6.92. The number of hydrogen-bond donors (Lipinski definition) is 0. The summed E-state index contributed by atoms with van der Waals surface area (Å²) in [5, 5.41) is 0. The van der Waals surface area contributed by atoms with Gasteiger partial charge in [0, 0.05) is 50.9 Å². The van der Waals surface area contributed by atoms with Crippen molar-refractivity contribution in [2.45, 2.75) is 19.4 Å². The molecule has 1 saturated carbocycles. The van der Waals surface area contributed by atoms with Gasteiger partial charge in [-0.25, -0.2) is 0 Å². The van der Waals surface area contributed by atoms with Crippen molar-refractivity contribution in [3.63, 3.8) is 0 Å². The number of nitrogens with zero attached hydrogens (tertiary/aromatic N) is 2. The number of ether oxygens (including phenoxy) is 2. The lowest BCUT2D eigenvalue weighted by atomic mass is 9.93. The molecule has 4 heteroatoms. The minimum Gasteiger partial charge on any atom is -0.497 e. The van der Waals surface area contributed by atoms with E-state index in [0.29, 0.717) is 0 Å². The highest BCUT2D eigenvalue weighted by molar-refractivity contribution is 5.40. The molecule has 0 unspecified atom stereocenters. The van der Waals surface area contributed by atoms with Gasteiger partial charge in [0.1, 0.15) is 11.5 Å². The Balaban J connectivity index is 1.28. The van der Waals surface area contributed by atoms with Gasteiger partial charge in [-0.1, -0.05) is 18.2 Å². The van der Waals surface area contributed by atoms with Gasteiger partial charge in [-0.2, -0.15) is 0 Å². The maximum atomic E-state index is 5.54. The zero-order valence-electron chi connectivity index (χ0n) is 15.5. The molecule has 2 aliphatic carbocycles. The molecule has 1 aromatic carbocycles. The third-order valence-electron chi connectivity index (χ3n) is 6.26. The summed E-state index contributed by atoms with van der Waals surface area (Å²) in [6.07, 6.45) is 7.76. The fourth-order valence-corrected chi connectivity index (χ4v) is 4.79. The van der Waals surface area contributed by atoms with Crippen molar-refractivity contribution in [3.05, 3.63) is 35.9 Å². The summed E-state index contributed by atoms with van der Waals surface area (Å²) in [6, 6.07) is 6.14. The molecule has 3 atom stereocenters. The Bertz CT molecular complexity index is 622. The first-order valence-corrected chi connectivity index (χ1v) is 9.59. The Morgan fingerprint density at radius 3 is 2.40 bits per heavy atom. The molecule has 1 aliphatic heterocycles. The van der Waals surface area contributed by atoms with Crippen LogP contribution in [0.25, 0.3) is 0 Å². The molecular formula is C21H30N2O2. The topological polar surface area (TPSA) is 24.9 Å². The van der Waals surface area contributed by atoms with E-state index in [4.69, 9.17) is 9.47 Å². The molecule has 0 radical (unpaired) electrons. The molecule has 0 aromatic heterocycles. The van der Waals surface area contributed by atoms with E-state index in [1.54, 1.807) is 14.2 Å². The van der Waals surface area contributed by atoms with Crippen molar-refractivity contribution < 1.29 is 9.47 Å². The van der Waals surface area contributed by atoms with Crippen molar-refractivity contribution in [1.29, 1.82) is 0 Å². The predicted molar refractivity (Wildman–Crippen MR) is 100 cm³/mol. The highest BCUT2D eigenvalue weighted by atomic mass is 16.5. The first-order valence-electron chi connectivity index (χ1n) is 9.59. The predicted octanol–water partition coefficient (Wildman–Crippen LogP) is 3.03. The molecule has 0 amide bonds. The Hall–Kier alpha value is -1.52. The van der Waals surface area contributed by atoms with Crippen LogP contribution in [0.3, 0.4) is 0 Å². The summed E-state index contributed by atoms with van der Waals surface area (Å²) in [7, 11) is 3.43. The summed E-state index contributed by atoms with van der Waals surface area (Å²) in [4.78, 5) is 5.22. The Labute approximate surface area is 151 Å². The van der Waals surface area contributed by atoms with E-state index in [2.05, 4.69) is 28.0 Å². The number of benzene rings is 1. The van der Waals surface area contributed by atoms with E-state index in [9.17, 15) is 0 Å². The van der Waals surface area contributed by atoms with E-state index >= 15 is 0 Å². The Kier molecular flexibility index (Phi) is 5.00. The molecule has 1 heterocycles. The van der Waals surface area contributed by atoms with Crippen LogP contribution in [0.5, 0.6) is 11.5 Å². The fourth-order valence-electron chi connectivity index (χ4n) is 4.79. The fraction of sp³-hybridized carbons (Fsp3) is 0.619. The maximum absolute atomic E-state index is 5.54. The first-order chi connectivity index (χ1) is 12.2. The average Bonchev–Trinajstić information content (AvgIpc) is 3.26. The smallest absolute Gasteiger partial charge is 0.127 e. The van der Waals surface area contributed by atoms with Crippen LogP contribution in [-0.4, -0.2) is 56.7 Å². The molecule has 3 aliphatic rings.